The summed E-state index contributed by atoms with van der Waals surface area (Å²) in [5.74, 6) is 2.01. The third-order valence-electron chi connectivity index (χ3n) is 4.62. The summed E-state index contributed by atoms with van der Waals surface area (Å²) in [6, 6.07) is 7.19. The summed E-state index contributed by atoms with van der Waals surface area (Å²) in [4.78, 5) is 13.3. The lowest BCUT2D eigenvalue weighted by Gasteiger charge is -2.23. The highest BCUT2D eigenvalue weighted by Crippen LogP contribution is 2.40. The van der Waals surface area contributed by atoms with Crippen molar-refractivity contribution in [3.05, 3.63) is 35.4 Å². The van der Waals surface area contributed by atoms with Gasteiger partial charge in [0, 0.05) is 13.1 Å². The van der Waals surface area contributed by atoms with E-state index in [4.69, 9.17) is 28.4 Å². The van der Waals surface area contributed by atoms with Crippen molar-refractivity contribution in [2.24, 2.45) is 0 Å². The molecule has 0 heterocycles. The average molecular weight is 435 g/mol. The smallest absolute Gasteiger partial charge is 0.317 e. The zero-order valence-electron chi connectivity index (χ0n) is 18.7. The molecule has 0 aliphatic rings. The number of hydrogen-bond acceptors (Lipinski definition) is 8. The van der Waals surface area contributed by atoms with Gasteiger partial charge in [-0.1, -0.05) is 0 Å². The highest BCUT2D eigenvalue weighted by atomic mass is 16.5. The van der Waals surface area contributed by atoms with Crippen molar-refractivity contribution < 1.29 is 38.3 Å². The van der Waals surface area contributed by atoms with E-state index >= 15 is 0 Å². The lowest BCUT2D eigenvalue weighted by Crippen LogP contribution is -2.29. The number of nitrogens with zero attached hydrogens (tertiary/aromatic N) is 1. The molecule has 0 radical (unpaired) electrons. The van der Waals surface area contributed by atoms with Gasteiger partial charge in [-0.3, -0.25) is 9.69 Å². The van der Waals surface area contributed by atoms with Gasteiger partial charge >= 0.3 is 5.97 Å². The molecule has 2 aromatic rings. The molecule has 170 valence electrons. The van der Waals surface area contributed by atoms with Gasteiger partial charge in [-0.2, -0.15) is 0 Å². The first-order valence-electron chi connectivity index (χ1n) is 9.42. The minimum absolute atomic E-state index is 0.173. The van der Waals surface area contributed by atoms with Crippen LogP contribution in [0.4, 0.5) is 0 Å². The second-order valence-electron chi connectivity index (χ2n) is 6.61. The van der Waals surface area contributed by atoms with Gasteiger partial charge in [-0.25, -0.2) is 0 Å². The van der Waals surface area contributed by atoms with E-state index in [2.05, 4.69) is 0 Å². The van der Waals surface area contributed by atoms with Gasteiger partial charge in [0.15, 0.2) is 23.0 Å². The second kappa shape index (κ2) is 11.2. The van der Waals surface area contributed by atoms with Crippen molar-refractivity contribution in [2.75, 3.05) is 49.2 Å². The molecule has 1 N–H and O–H groups in total. The van der Waals surface area contributed by atoms with E-state index in [0.717, 1.165) is 11.1 Å². The number of carboxylic acid groups (broad SMARTS) is 1. The molecule has 9 nitrogen and oxygen atoms in total. The highest BCUT2D eigenvalue weighted by molar-refractivity contribution is 5.69. The lowest BCUT2D eigenvalue weighted by atomic mass is 10.1. The Bertz CT molecular complexity index is 784. The van der Waals surface area contributed by atoms with E-state index < -0.39 is 5.97 Å². The Kier molecular flexibility index (Phi) is 8.63. The molecule has 0 aliphatic heterocycles. The molecular weight excluding hydrogens is 406 g/mol. The van der Waals surface area contributed by atoms with Crippen molar-refractivity contribution in [1.82, 2.24) is 4.90 Å². The number of benzene rings is 2. The Morgan fingerprint density at radius 2 is 1.00 bits per heavy atom. The molecule has 31 heavy (non-hydrogen) atoms. The molecule has 0 saturated heterocycles. The van der Waals surface area contributed by atoms with E-state index in [0.29, 0.717) is 47.6 Å². The quantitative estimate of drug-likeness (QED) is 0.540. The van der Waals surface area contributed by atoms with Crippen LogP contribution < -0.4 is 28.4 Å². The van der Waals surface area contributed by atoms with Gasteiger partial charge in [0.2, 0.25) is 11.5 Å². The maximum atomic E-state index is 11.5. The molecule has 2 rings (SSSR count). The minimum Gasteiger partial charge on any atom is -0.493 e. The third kappa shape index (κ3) is 5.85. The fraction of sp³-hybridized carbons (Fsp3) is 0.409. The van der Waals surface area contributed by atoms with Gasteiger partial charge in [0.05, 0.1) is 49.2 Å². The summed E-state index contributed by atoms with van der Waals surface area (Å²) >= 11 is 0. The molecule has 0 amide bonds. The molecule has 0 spiro atoms. The summed E-state index contributed by atoms with van der Waals surface area (Å²) in [5, 5.41) is 9.43. The van der Waals surface area contributed by atoms with Crippen LogP contribution in [0, 0.1) is 0 Å². The fourth-order valence-corrected chi connectivity index (χ4v) is 3.33. The molecule has 9 heteroatoms. The number of hydrogen-bond donors (Lipinski definition) is 1. The minimum atomic E-state index is -0.945. The van der Waals surface area contributed by atoms with Gasteiger partial charge in [0.1, 0.15) is 0 Å². The third-order valence-corrected chi connectivity index (χ3v) is 4.62. The van der Waals surface area contributed by atoms with Crippen molar-refractivity contribution >= 4 is 5.97 Å². The van der Waals surface area contributed by atoms with Gasteiger partial charge < -0.3 is 33.5 Å². The Morgan fingerprint density at radius 1 is 0.677 bits per heavy atom. The molecule has 2 aromatic carbocycles. The summed E-state index contributed by atoms with van der Waals surface area (Å²) in [5.41, 5.74) is 1.62. The van der Waals surface area contributed by atoms with Gasteiger partial charge in [0.25, 0.3) is 0 Å². The number of aliphatic carboxylic acids is 1. The van der Waals surface area contributed by atoms with Gasteiger partial charge in [-0.05, 0) is 35.4 Å². The molecule has 0 saturated carbocycles. The van der Waals surface area contributed by atoms with Crippen LogP contribution in [-0.2, 0) is 17.9 Å². The largest absolute Gasteiger partial charge is 0.493 e. The SMILES string of the molecule is COc1cc(CN(CC(=O)O)Cc2cc(OC)c(OC)c(OC)c2)cc(OC)c1OC. The number of ether oxygens (including phenoxy) is 6. The van der Waals surface area contributed by atoms with Gasteiger partial charge in [-0.15, -0.1) is 0 Å². The normalized spacial score (nSPS) is 10.5. The van der Waals surface area contributed by atoms with E-state index in [1.807, 2.05) is 0 Å². The number of carboxylic acids is 1. The van der Waals surface area contributed by atoms with Crippen LogP contribution in [0.5, 0.6) is 34.5 Å². The van der Waals surface area contributed by atoms with Crippen molar-refractivity contribution in [3.8, 4) is 34.5 Å². The van der Waals surface area contributed by atoms with Crippen LogP contribution in [0.2, 0.25) is 0 Å². The van der Waals surface area contributed by atoms with E-state index in [9.17, 15) is 9.90 Å². The molecule has 0 atom stereocenters. The van der Waals surface area contributed by atoms with E-state index in [-0.39, 0.29) is 6.54 Å². The summed E-state index contributed by atoms with van der Waals surface area (Å²) in [6.45, 7) is 0.493. The summed E-state index contributed by atoms with van der Waals surface area (Å²) in [7, 11) is 9.19. The van der Waals surface area contributed by atoms with E-state index in [1.165, 1.54) is 42.7 Å². The average Bonchev–Trinajstić information content (AvgIpc) is 2.76. The van der Waals surface area contributed by atoms with Crippen LogP contribution >= 0.6 is 0 Å². The monoisotopic (exact) mass is 435 g/mol. The summed E-state index contributed by atoms with van der Waals surface area (Å²) < 4.78 is 32.3. The second-order valence-corrected chi connectivity index (χ2v) is 6.61. The fourth-order valence-electron chi connectivity index (χ4n) is 3.33. The van der Waals surface area contributed by atoms with Crippen molar-refractivity contribution in [2.45, 2.75) is 13.1 Å². The van der Waals surface area contributed by atoms with Crippen molar-refractivity contribution in [3.63, 3.8) is 0 Å². The Hall–Kier alpha value is -3.33. The topological polar surface area (TPSA) is 95.9 Å². The number of methoxy groups -OCH3 is 6. The van der Waals surface area contributed by atoms with Crippen LogP contribution in [0.3, 0.4) is 0 Å². The first kappa shape index (κ1) is 23.9. The molecule has 0 aliphatic carbocycles. The molecule has 0 aromatic heterocycles. The predicted octanol–water partition coefficient (Wildman–Crippen LogP) is 2.83. The zero-order valence-corrected chi connectivity index (χ0v) is 18.7. The maximum absolute atomic E-state index is 11.5. The Morgan fingerprint density at radius 3 is 1.23 bits per heavy atom. The molecule has 0 fully saturated rings. The zero-order chi connectivity index (χ0) is 23.0. The first-order chi connectivity index (χ1) is 14.9. The Balaban J connectivity index is 2.39. The molecular formula is C22H29NO8. The molecule has 0 unspecified atom stereocenters. The first-order valence-corrected chi connectivity index (χ1v) is 9.42. The van der Waals surface area contributed by atoms with Crippen LogP contribution in [0.25, 0.3) is 0 Å². The van der Waals surface area contributed by atoms with E-state index in [1.54, 1.807) is 29.2 Å². The van der Waals surface area contributed by atoms with Crippen LogP contribution in [0.1, 0.15) is 11.1 Å². The standard InChI is InChI=1S/C22H29NO8/c1-26-16-7-14(8-17(27-2)21(16)30-5)11-23(13-20(24)25)12-15-9-18(28-3)22(31-6)19(10-15)29-4/h7-10H,11-13H2,1-6H3,(H,24,25). The van der Waals surface area contributed by atoms with Crippen molar-refractivity contribution in [1.29, 1.82) is 0 Å². The lowest BCUT2D eigenvalue weighted by molar-refractivity contribution is -0.138. The van der Waals surface area contributed by atoms with Crippen LogP contribution in [-0.4, -0.2) is 65.2 Å². The highest BCUT2D eigenvalue weighted by Gasteiger charge is 2.19. The number of carbonyl (C=O) groups is 1. The number of rotatable bonds is 12. The Labute approximate surface area is 182 Å². The summed E-state index contributed by atoms with van der Waals surface area (Å²) in [6.07, 6.45) is 0. The van der Waals surface area contributed by atoms with Crippen LogP contribution in [0.15, 0.2) is 24.3 Å². The molecule has 0 bridgehead atoms. The predicted molar refractivity (Wildman–Crippen MR) is 114 cm³/mol. The maximum Gasteiger partial charge on any atom is 0.317 e.